The van der Waals surface area contributed by atoms with Crippen LogP contribution in [0.3, 0.4) is 0 Å². The molecule has 2 heteroatoms. The van der Waals surface area contributed by atoms with Crippen LogP contribution in [0, 0.1) is 0 Å². The Balaban J connectivity index is 1.98. The minimum atomic E-state index is 0.434. The number of benzene rings is 2. The second-order valence-electron chi connectivity index (χ2n) is 5.86. The first-order valence-corrected chi connectivity index (χ1v) is 10.8. The minimum Gasteiger partial charge on any atom is -0.135 e. The van der Waals surface area contributed by atoms with Crippen molar-refractivity contribution >= 4 is 42.4 Å². The number of thiophene rings is 1. The van der Waals surface area contributed by atoms with Gasteiger partial charge in [-0.25, -0.2) is 0 Å². The third-order valence-corrected chi connectivity index (χ3v) is 7.81. The first-order valence-electron chi connectivity index (χ1n) is 8.42. The maximum Gasteiger partial charge on any atom is 0.155 e. The quantitative estimate of drug-likeness (QED) is 0.427. The van der Waals surface area contributed by atoms with Crippen molar-refractivity contribution in [2.75, 3.05) is 11.5 Å². The summed E-state index contributed by atoms with van der Waals surface area (Å²) in [6.45, 7) is 4.61. The fraction of sp³-hybridized carbons (Fsp3) is 0.400. The van der Waals surface area contributed by atoms with E-state index in [1.165, 1.54) is 57.4 Å². The fourth-order valence-corrected chi connectivity index (χ4v) is 6.44. The summed E-state index contributed by atoms with van der Waals surface area (Å²) in [4.78, 5) is 1.58. The van der Waals surface area contributed by atoms with E-state index in [2.05, 4.69) is 56.3 Å². The third-order valence-electron chi connectivity index (χ3n) is 4.17. The van der Waals surface area contributed by atoms with E-state index in [-0.39, 0.29) is 0 Å². The van der Waals surface area contributed by atoms with Gasteiger partial charge < -0.3 is 0 Å². The van der Waals surface area contributed by atoms with E-state index < -0.39 is 0 Å². The third kappa shape index (κ3) is 3.33. The second kappa shape index (κ2) is 7.52. The molecule has 0 saturated carbocycles. The summed E-state index contributed by atoms with van der Waals surface area (Å²) in [5, 5.41) is 2.89. The van der Waals surface area contributed by atoms with E-state index in [9.17, 15) is 0 Å². The highest BCUT2D eigenvalue weighted by atomic mass is 32.2. The van der Waals surface area contributed by atoms with Gasteiger partial charge in [-0.15, -0.1) is 11.3 Å². The van der Waals surface area contributed by atoms with Crippen molar-refractivity contribution in [3.8, 4) is 0 Å². The van der Waals surface area contributed by atoms with Crippen LogP contribution >= 0.6 is 11.3 Å². The van der Waals surface area contributed by atoms with Crippen molar-refractivity contribution in [1.29, 1.82) is 0 Å². The molecule has 0 aliphatic heterocycles. The van der Waals surface area contributed by atoms with Crippen molar-refractivity contribution in [3.63, 3.8) is 0 Å². The van der Waals surface area contributed by atoms with Crippen molar-refractivity contribution < 1.29 is 0 Å². The molecule has 22 heavy (non-hydrogen) atoms. The molecule has 0 bridgehead atoms. The zero-order valence-corrected chi connectivity index (χ0v) is 15.2. The molecule has 0 aliphatic rings. The molecule has 0 N–H and O–H groups in total. The first-order chi connectivity index (χ1) is 10.8. The molecule has 3 aromatic rings. The minimum absolute atomic E-state index is 0.434. The van der Waals surface area contributed by atoms with E-state index in [1.807, 2.05) is 11.3 Å². The fourth-order valence-electron chi connectivity index (χ4n) is 2.86. The van der Waals surface area contributed by atoms with Gasteiger partial charge in [0.1, 0.15) is 11.5 Å². The standard InChI is InChI=1S/C20H25S2/c1-3-5-13-22(14-6-4-2)16-11-12-20-18(15-16)17-9-7-8-10-19(17)21-20/h7-12,15H,3-6,13-14H2,1-2H3/q+1. The number of unbranched alkanes of at least 4 members (excludes halogenated alkanes) is 2. The molecule has 0 radical (unpaired) electrons. The SMILES string of the molecule is CCCC[S+](CCCC)c1ccc2sc3ccccc3c2c1. The van der Waals surface area contributed by atoms with Crippen LogP contribution in [0.1, 0.15) is 39.5 Å². The van der Waals surface area contributed by atoms with Gasteiger partial charge in [0, 0.05) is 37.1 Å². The van der Waals surface area contributed by atoms with Gasteiger partial charge in [0.2, 0.25) is 0 Å². The molecule has 1 heterocycles. The van der Waals surface area contributed by atoms with Gasteiger partial charge in [-0.05, 0) is 31.0 Å². The molecule has 0 fully saturated rings. The molecule has 0 saturated heterocycles. The van der Waals surface area contributed by atoms with Crippen LogP contribution in [0.15, 0.2) is 47.4 Å². The Morgan fingerprint density at radius 2 is 1.50 bits per heavy atom. The summed E-state index contributed by atoms with van der Waals surface area (Å²) in [5.41, 5.74) is 0. The Labute approximate surface area is 140 Å². The first kappa shape index (κ1) is 15.9. The molecule has 0 spiro atoms. The number of rotatable bonds is 7. The highest BCUT2D eigenvalue weighted by Crippen LogP contribution is 2.35. The molecule has 0 aliphatic carbocycles. The van der Waals surface area contributed by atoms with E-state index in [0.717, 1.165) is 0 Å². The van der Waals surface area contributed by atoms with Crippen LogP contribution in [0.25, 0.3) is 20.2 Å². The van der Waals surface area contributed by atoms with Crippen LogP contribution in [-0.4, -0.2) is 11.5 Å². The van der Waals surface area contributed by atoms with Gasteiger partial charge in [0.25, 0.3) is 0 Å². The van der Waals surface area contributed by atoms with Gasteiger partial charge in [-0.1, -0.05) is 44.9 Å². The predicted octanol–water partition coefficient (Wildman–Crippen LogP) is 6.63. The lowest BCUT2D eigenvalue weighted by Crippen LogP contribution is -2.12. The summed E-state index contributed by atoms with van der Waals surface area (Å²) >= 11 is 1.92. The molecule has 3 rings (SSSR count). The van der Waals surface area contributed by atoms with Gasteiger partial charge >= 0.3 is 0 Å². The molecule has 1 aromatic heterocycles. The van der Waals surface area contributed by atoms with Gasteiger partial charge in [0.05, 0.1) is 0 Å². The summed E-state index contributed by atoms with van der Waals surface area (Å²) in [6, 6.07) is 16.1. The molecule has 0 amide bonds. The van der Waals surface area contributed by atoms with Gasteiger partial charge in [-0.3, -0.25) is 0 Å². The second-order valence-corrected chi connectivity index (χ2v) is 9.22. The smallest absolute Gasteiger partial charge is 0.135 e. The predicted molar refractivity (Wildman–Crippen MR) is 105 cm³/mol. The van der Waals surface area contributed by atoms with E-state index in [1.54, 1.807) is 4.90 Å². The number of fused-ring (bicyclic) bond motifs is 3. The lowest BCUT2D eigenvalue weighted by Gasteiger charge is -2.08. The normalized spacial score (nSPS) is 11.8. The molecule has 0 atom stereocenters. The van der Waals surface area contributed by atoms with Crippen LogP contribution in [0.4, 0.5) is 0 Å². The van der Waals surface area contributed by atoms with E-state index in [0.29, 0.717) is 10.9 Å². The van der Waals surface area contributed by atoms with Crippen LogP contribution in [0.5, 0.6) is 0 Å². The topological polar surface area (TPSA) is 0 Å². The van der Waals surface area contributed by atoms with E-state index in [4.69, 9.17) is 0 Å². The van der Waals surface area contributed by atoms with Crippen molar-refractivity contribution in [3.05, 3.63) is 42.5 Å². The van der Waals surface area contributed by atoms with Crippen molar-refractivity contribution in [2.24, 2.45) is 0 Å². The summed E-state index contributed by atoms with van der Waals surface area (Å²) in [6.07, 6.45) is 5.32. The number of hydrogen-bond acceptors (Lipinski definition) is 1. The average Bonchev–Trinajstić information content (AvgIpc) is 2.93. The Morgan fingerprint density at radius 3 is 2.23 bits per heavy atom. The molecular formula is C20H25S2+. The molecule has 0 nitrogen and oxygen atoms in total. The molecule has 2 aromatic carbocycles. The van der Waals surface area contributed by atoms with Crippen LogP contribution in [-0.2, 0) is 10.9 Å². The zero-order valence-electron chi connectivity index (χ0n) is 13.6. The summed E-state index contributed by atoms with van der Waals surface area (Å²) in [7, 11) is 0.434. The molecular weight excluding hydrogens is 304 g/mol. The lowest BCUT2D eigenvalue weighted by atomic mass is 10.1. The highest BCUT2D eigenvalue weighted by molar-refractivity contribution is 7.96. The zero-order chi connectivity index (χ0) is 15.4. The molecule has 0 unspecified atom stereocenters. The van der Waals surface area contributed by atoms with Gasteiger partial charge in [0.15, 0.2) is 4.90 Å². The van der Waals surface area contributed by atoms with Crippen molar-refractivity contribution in [2.45, 2.75) is 44.4 Å². The molecule has 116 valence electrons. The van der Waals surface area contributed by atoms with Gasteiger partial charge in [-0.2, -0.15) is 0 Å². The Bertz CT molecular complexity index is 734. The van der Waals surface area contributed by atoms with Crippen molar-refractivity contribution in [1.82, 2.24) is 0 Å². The largest absolute Gasteiger partial charge is 0.155 e. The Hall–Kier alpha value is -0.990. The van der Waals surface area contributed by atoms with E-state index >= 15 is 0 Å². The lowest BCUT2D eigenvalue weighted by molar-refractivity contribution is 0.871. The Morgan fingerprint density at radius 1 is 0.818 bits per heavy atom. The summed E-state index contributed by atoms with van der Waals surface area (Å²) in [5.74, 6) is 2.73. The maximum atomic E-state index is 2.49. The average molecular weight is 330 g/mol. The Kier molecular flexibility index (Phi) is 5.43. The monoisotopic (exact) mass is 329 g/mol. The maximum absolute atomic E-state index is 2.49. The number of hydrogen-bond donors (Lipinski definition) is 0. The summed E-state index contributed by atoms with van der Waals surface area (Å²) < 4.78 is 2.84. The van der Waals surface area contributed by atoms with Crippen LogP contribution in [0.2, 0.25) is 0 Å². The van der Waals surface area contributed by atoms with Crippen LogP contribution < -0.4 is 0 Å². The highest BCUT2D eigenvalue weighted by Gasteiger charge is 2.21.